The summed E-state index contributed by atoms with van der Waals surface area (Å²) in [5.41, 5.74) is 2.14. The second-order valence-corrected chi connectivity index (χ2v) is 5.64. The molecule has 0 saturated carbocycles. The van der Waals surface area contributed by atoms with Crippen LogP contribution in [0, 0.1) is 0 Å². The Bertz CT molecular complexity index is 671. The molecule has 0 fully saturated rings. The van der Waals surface area contributed by atoms with Crippen molar-refractivity contribution in [2.75, 3.05) is 13.7 Å². The largest absolute Gasteiger partial charge is 0.497 e. The molecular formula is C18H21NO3. The van der Waals surface area contributed by atoms with Crippen molar-refractivity contribution in [2.45, 2.75) is 31.8 Å². The Morgan fingerprint density at radius 2 is 2.09 bits per heavy atom. The van der Waals surface area contributed by atoms with Crippen molar-refractivity contribution in [2.24, 2.45) is 0 Å². The Morgan fingerprint density at radius 3 is 2.86 bits per heavy atom. The number of methoxy groups -OCH3 is 1. The lowest BCUT2D eigenvalue weighted by Crippen LogP contribution is -2.34. The quantitative estimate of drug-likeness (QED) is 0.943. The molecule has 3 rings (SSSR count). The third kappa shape index (κ3) is 2.79. The molecule has 1 N–H and O–H groups in total. The topological polar surface area (TPSA) is 51.6 Å². The molecule has 116 valence electrons. The summed E-state index contributed by atoms with van der Waals surface area (Å²) in [6, 6.07) is 11.6. The van der Waals surface area contributed by atoms with Gasteiger partial charge in [-0.15, -0.1) is 0 Å². The van der Waals surface area contributed by atoms with E-state index < -0.39 is 5.60 Å². The highest BCUT2D eigenvalue weighted by Gasteiger charge is 2.35. The normalized spacial score (nSPS) is 20.3. The van der Waals surface area contributed by atoms with Crippen LogP contribution in [0.25, 0.3) is 0 Å². The number of aliphatic hydroxyl groups is 1. The van der Waals surface area contributed by atoms with E-state index in [1.165, 1.54) is 5.56 Å². The van der Waals surface area contributed by atoms with Gasteiger partial charge in [0.05, 0.1) is 19.4 Å². The first kappa shape index (κ1) is 14.9. The maximum Gasteiger partial charge on any atom is 0.213 e. The van der Waals surface area contributed by atoms with E-state index in [-0.39, 0.29) is 0 Å². The van der Waals surface area contributed by atoms with Gasteiger partial charge in [0.1, 0.15) is 11.4 Å². The molecule has 22 heavy (non-hydrogen) atoms. The molecular weight excluding hydrogens is 278 g/mol. The Kier molecular flexibility index (Phi) is 4.03. The third-order valence-electron chi connectivity index (χ3n) is 4.20. The van der Waals surface area contributed by atoms with E-state index >= 15 is 0 Å². The number of aromatic nitrogens is 1. The van der Waals surface area contributed by atoms with Crippen molar-refractivity contribution in [3.05, 3.63) is 53.2 Å². The molecule has 0 spiro atoms. The zero-order valence-electron chi connectivity index (χ0n) is 13.0. The predicted octanol–water partition coefficient (Wildman–Crippen LogP) is 2.87. The number of hydrogen-bond donors (Lipinski definition) is 1. The molecule has 1 aromatic carbocycles. The molecule has 1 aliphatic rings. The van der Waals surface area contributed by atoms with Gasteiger partial charge < -0.3 is 14.6 Å². The van der Waals surface area contributed by atoms with Gasteiger partial charge in [0.25, 0.3) is 0 Å². The van der Waals surface area contributed by atoms with Gasteiger partial charge in [0, 0.05) is 12.5 Å². The number of fused-ring (bicyclic) bond motifs is 1. The van der Waals surface area contributed by atoms with E-state index in [1.54, 1.807) is 7.11 Å². The fourth-order valence-electron chi connectivity index (χ4n) is 3.00. The van der Waals surface area contributed by atoms with Crippen LogP contribution in [-0.4, -0.2) is 23.8 Å². The summed E-state index contributed by atoms with van der Waals surface area (Å²) < 4.78 is 10.7. The van der Waals surface area contributed by atoms with Gasteiger partial charge in [-0.05, 0) is 49.1 Å². The Labute approximate surface area is 130 Å². The standard InChI is InChI=1S/C18H21NO3/c1-3-22-17-6-4-5-16(19-17)18(20)10-9-13-11-15(21-2)8-7-14(13)12-18/h4-8,11,20H,3,9-10,12H2,1-2H3/t18-/m0/s1. The van der Waals surface area contributed by atoms with E-state index in [2.05, 4.69) is 11.1 Å². The van der Waals surface area contributed by atoms with Crippen molar-refractivity contribution < 1.29 is 14.6 Å². The van der Waals surface area contributed by atoms with E-state index in [0.29, 0.717) is 31.0 Å². The van der Waals surface area contributed by atoms with Crippen molar-refractivity contribution in [1.29, 1.82) is 0 Å². The summed E-state index contributed by atoms with van der Waals surface area (Å²) in [6.45, 7) is 2.49. The first-order valence-corrected chi connectivity index (χ1v) is 7.63. The van der Waals surface area contributed by atoms with Gasteiger partial charge in [0.15, 0.2) is 0 Å². The molecule has 0 aliphatic heterocycles. The van der Waals surface area contributed by atoms with E-state index in [0.717, 1.165) is 17.7 Å². The van der Waals surface area contributed by atoms with E-state index in [1.807, 2.05) is 37.3 Å². The van der Waals surface area contributed by atoms with Crippen molar-refractivity contribution in [3.63, 3.8) is 0 Å². The Morgan fingerprint density at radius 1 is 1.23 bits per heavy atom. The average Bonchev–Trinajstić information content (AvgIpc) is 2.55. The third-order valence-corrected chi connectivity index (χ3v) is 4.20. The van der Waals surface area contributed by atoms with Crippen LogP contribution < -0.4 is 9.47 Å². The molecule has 2 aromatic rings. The SMILES string of the molecule is CCOc1cccc([C@]2(O)CCc3cc(OC)ccc3C2)n1. The zero-order chi connectivity index (χ0) is 15.6. The number of nitrogens with zero attached hydrogens (tertiary/aromatic N) is 1. The van der Waals surface area contributed by atoms with Gasteiger partial charge in [-0.2, -0.15) is 0 Å². The van der Waals surface area contributed by atoms with Crippen LogP contribution in [0.4, 0.5) is 0 Å². The summed E-state index contributed by atoms with van der Waals surface area (Å²) in [4.78, 5) is 4.47. The van der Waals surface area contributed by atoms with Gasteiger partial charge in [-0.3, -0.25) is 0 Å². The summed E-state index contributed by atoms with van der Waals surface area (Å²) >= 11 is 0. The minimum Gasteiger partial charge on any atom is -0.497 e. The lowest BCUT2D eigenvalue weighted by Gasteiger charge is -2.33. The van der Waals surface area contributed by atoms with Crippen molar-refractivity contribution in [3.8, 4) is 11.6 Å². The number of benzene rings is 1. The second-order valence-electron chi connectivity index (χ2n) is 5.64. The maximum absolute atomic E-state index is 11.1. The number of pyridine rings is 1. The average molecular weight is 299 g/mol. The van der Waals surface area contributed by atoms with E-state index in [4.69, 9.17) is 9.47 Å². The predicted molar refractivity (Wildman–Crippen MR) is 84.3 cm³/mol. The molecule has 0 radical (unpaired) electrons. The number of aryl methyl sites for hydroxylation is 1. The van der Waals surface area contributed by atoms with Crippen LogP contribution >= 0.6 is 0 Å². The van der Waals surface area contributed by atoms with Gasteiger partial charge in [-0.25, -0.2) is 4.98 Å². The highest BCUT2D eigenvalue weighted by atomic mass is 16.5. The van der Waals surface area contributed by atoms with Gasteiger partial charge >= 0.3 is 0 Å². The molecule has 1 atom stereocenters. The lowest BCUT2D eigenvalue weighted by molar-refractivity contribution is 0.0173. The molecule has 0 saturated heterocycles. The van der Waals surface area contributed by atoms with Crippen LogP contribution in [0.3, 0.4) is 0 Å². The first-order chi connectivity index (χ1) is 10.6. The van der Waals surface area contributed by atoms with Crippen LogP contribution in [0.15, 0.2) is 36.4 Å². The molecule has 0 bridgehead atoms. The van der Waals surface area contributed by atoms with Crippen LogP contribution in [0.5, 0.6) is 11.6 Å². The summed E-state index contributed by atoms with van der Waals surface area (Å²) in [7, 11) is 1.67. The number of ether oxygens (including phenoxy) is 2. The van der Waals surface area contributed by atoms with Crippen molar-refractivity contribution >= 4 is 0 Å². The first-order valence-electron chi connectivity index (χ1n) is 7.63. The molecule has 0 unspecified atom stereocenters. The van der Waals surface area contributed by atoms with Gasteiger partial charge in [0.2, 0.25) is 5.88 Å². The molecule has 4 heteroatoms. The zero-order valence-corrected chi connectivity index (χ0v) is 13.0. The summed E-state index contributed by atoms with van der Waals surface area (Å²) in [5.74, 6) is 1.43. The molecule has 1 heterocycles. The second kappa shape index (κ2) is 5.97. The fourth-order valence-corrected chi connectivity index (χ4v) is 3.00. The monoisotopic (exact) mass is 299 g/mol. The molecule has 0 amide bonds. The highest BCUT2D eigenvalue weighted by molar-refractivity contribution is 5.40. The van der Waals surface area contributed by atoms with Crippen LogP contribution in [0.1, 0.15) is 30.2 Å². The van der Waals surface area contributed by atoms with Crippen molar-refractivity contribution in [1.82, 2.24) is 4.98 Å². The van der Waals surface area contributed by atoms with Gasteiger partial charge in [-0.1, -0.05) is 12.1 Å². The maximum atomic E-state index is 11.1. The highest BCUT2D eigenvalue weighted by Crippen LogP contribution is 2.37. The smallest absolute Gasteiger partial charge is 0.213 e. The molecule has 1 aromatic heterocycles. The minimum atomic E-state index is -0.936. The fraction of sp³-hybridized carbons (Fsp3) is 0.389. The minimum absolute atomic E-state index is 0.564. The Hall–Kier alpha value is -2.07. The number of rotatable bonds is 4. The number of hydrogen-bond acceptors (Lipinski definition) is 4. The molecule has 4 nitrogen and oxygen atoms in total. The van der Waals surface area contributed by atoms with Crippen LogP contribution in [-0.2, 0) is 18.4 Å². The van der Waals surface area contributed by atoms with Crippen LogP contribution in [0.2, 0.25) is 0 Å². The summed E-state index contributed by atoms with van der Waals surface area (Å²) in [6.07, 6.45) is 2.02. The lowest BCUT2D eigenvalue weighted by atomic mass is 9.78. The summed E-state index contributed by atoms with van der Waals surface area (Å²) in [5, 5.41) is 11.1. The Balaban J connectivity index is 1.89. The van der Waals surface area contributed by atoms with E-state index in [9.17, 15) is 5.11 Å². The molecule has 1 aliphatic carbocycles.